The Labute approximate surface area is 168 Å². The van der Waals surface area contributed by atoms with Crippen molar-refractivity contribution in [3.05, 3.63) is 70.3 Å². The van der Waals surface area contributed by atoms with Crippen molar-refractivity contribution in [3.8, 4) is 0 Å². The number of hydrogen-bond donors (Lipinski definition) is 2. The smallest absolute Gasteiger partial charge is 0.259 e. The summed E-state index contributed by atoms with van der Waals surface area (Å²) in [5.41, 5.74) is 6.94. The normalized spacial score (nSPS) is 16.6. The SMILES string of the molecule is CN1/C(=C/C=N\NC(=O)CNc2ccc(Br)cc2)C(C)(C)c2ccccc21. The molecular weight excluding hydrogens is 404 g/mol. The summed E-state index contributed by atoms with van der Waals surface area (Å²) < 4.78 is 0.997. The van der Waals surface area contributed by atoms with Crippen LogP contribution in [0.4, 0.5) is 11.4 Å². The molecule has 140 valence electrons. The molecule has 1 amide bonds. The molecule has 27 heavy (non-hydrogen) atoms. The molecule has 1 aliphatic rings. The Hall–Kier alpha value is -2.60. The fraction of sp³-hybridized carbons (Fsp3) is 0.238. The van der Waals surface area contributed by atoms with Gasteiger partial charge < -0.3 is 10.2 Å². The second-order valence-corrected chi connectivity index (χ2v) is 7.84. The van der Waals surface area contributed by atoms with Gasteiger partial charge in [-0.1, -0.05) is 48.0 Å². The van der Waals surface area contributed by atoms with Crippen molar-refractivity contribution < 1.29 is 4.79 Å². The van der Waals surface area contributed by atoms with Gasteiger partial charge in [0.25, 0.3) is 5.91 Å². The summed E-state index contributed by atoms with van der Waals surface area (Å²) in [4.78, 5) is 14.1. The van der Waals surface area contributed by atoms with Crippen LogP contribution >= 0.6 is 15.9 Å². The highest BCUT2D eigenvalue weighted by Gasteiger charge is 2.37. The second-order valence-electron chi connectivity index (χ2n) is 6.93. The van der Waals surface area contributed by atoms with Crippen LogP contribution < -0.4 is 15.6 Å². The lowest BCUT2D eigenvalue weighted by Crippen LogP contribution is -2.26. The maximum absolute atomic E-state index is 11.9. The molecule has 3 rings (SSSR count). The Bertz CT molecular complexity index is 887. The predicted molar refractivity (Wildman–Crippen MR) is 115 cm³/mol. The van der Waals surface area contributed by atoms with E-state index in [2.05, 4.69) is 68.7 Å². The molecule has 0 saturated heterocycles. The maximum Gasteiger partial charge on any atom is 0.259 e. The molecule has 2 aromatic rings. The van der Waals surface area contributed by atoms with E-state index in [4.69, 9.17) is 0 Å². The van der Waals surface area contributed by atoms with E-state index in [1.807, 2.05) is 43.5 Å². The van der Waals surface area contributed by atoms with Crippen molar-refractivity contribution >= 4 is 39.4 Å². The molecule has 0 radical (unpaired) electrons. The van der Waals surface area contributed by atoms with Gasteiger partial charge in [0.1, 0.15) is 0 Å². The number of hydrazone groups is 1. The van der Waals surface area contributed by atoms with Gasteiger partial charge in [0.15, 0.2) is 0 Å². The summed E-state index contributed by atoms with van der Waals surface area (Å²) >= 11 is 3.38. The minimum Gasteiger partial charge on any atom is -0.376 e. The molecule has 0 aliphatic carbocycles. The van der Waals surface area contributed by atoms with Crippen LogP contribution in [0.5, 0.6) is 0 Å². The lowest BCUT2D eigenvalue weighted by atomic mass is 9.84. The quantitative estimate of drug-likeness (QED) is 0.554. The highest BCUT2D eigenvalue weighted by Crippen LogP contribution is 2.46. The lowest BCUT2D eigenvalue weighted by molar-refractivity contribution is -0.119. The van der Waals surface area contributed by atoms with E-state index in [0.29, 0.717) is 0 Å². The Morgan fingerprint density at radius 3 is 2.59 bits per heavy atom. The average Bonchev–Trinajstić information content (AvgIpc) is 2.85. The molecular formula is C21H23BrN4O. The largest absolute Gasteiger partial charge is 0.376 e. The topological polar surface area (TPSA) is 56.7 Å². The number of nitrogens with zero attached hydrogens (tertiary/aromatic N) is 2. The molecule has 1 heterocycles. The van der Waals surface area contributed by atoms with E-state index in [9.17, 15) is 4.79 Å². The molecule has 0 bridgehead atoms. The van der Waals surface area contributed by atoms with Crippen molar-refractivity contribution in [1.29, 1.82) is 0 Å². The number of anilines is 2. The van der Waals surface area contributed by atoms with E-state index in [1.54, 1.807) is 6.21 Å². The molecule has 2 aromatic carbocycles. The van der Waals surface area contributed by atoms with Gasteiger partial charge in [0, 0.05) is 40.2 Å². The molecule has 0 atom stereocenters. The van der Waals surface area contributed by atoms with E-state index in [-0.39, 0.29) is 17.9 Å². The van der Waals surface area contributed by atoms with E-state index in [0.717, 1.165) is 15.9 Å². The van der Waals surface area contributed by atoms with Crippen molar-refractivity contribution in [3.63, 3.8) is 0 Å². The number of amides is 1. The molecule has 0 saturated carbocycles. The number of carbonyl (C=O) groups excluding carboxylic acids is 1. The van der Waals surface area contributed by atoms with Gasteiger partial charge in [-0.05, 0) is 42.0 Å². The highest BCUT2D eigenvalue weighted by molar-refractivity contribution is 9.10. The van der Waals surface area contributed by atoms with Crippen molar-refractivity contribution in [1.82, 2.24) is 5.43 Å². The molecule has 0 fully saturated rings. The van der Waals surface area contributed by atoms with Gasteiger partial charge >= 0.3 is 0 Å². The molecule has 5 nitrogen and oxygen atoms in total. The number of benzene rings is 2. The summed E-state index contributed by atoms with van der Waals surface area (Å²) in [6.45, 7) is 4.54. The van der Waals surface area contributed by atoms with E-state index < -0.39 is 0 Å². The number of nitrogens with one attached hydrogen (secondary N) is 2. The number of rotatable bonds is 5. The molecule has 2 N–H and O–H groups in total. The Balaban J connectivity index is 1.57. The van der Waals surface area contributed by atoms with Crippen LogP contribution in [0.25, 0.3) is 0 Å². The molecule has 6 heteroatoms. The van der Waals surface area contributed by atoms with Crippen LogP contribution in [0.3, 0.4) is 0 Å². The van der Waals surface area contributed by atoms with Gasteiger partial charge in [-0.3, -0.25) is 4.79 Å². The highest BCUT2D eigenvalue weighted by atomic mass is 79.9. The first kappa shape index (κ1) is 19.2. The van der Waals surface area contributed by atoms with Gasteiger partial charge in [-0.2, -0.15) is 5.10 Å². The Morgan fingerprint density at radius 2 is 1.89 bits per heavy atom. The first-order chi connectivity index (χ1) is 12.9. The monoisotopic (exact) mass is 426 g/mol. The molecule has 0 aromatic heterocycles. The number of likely N-dealkylation sites (N-methyl/N-ethyl adjacent to an activating group) is 1. The maximum atomic E-state index is 11.9. The van der Waals surface area contributed by atoms with Crippen LogP contribution in [-0.2, 0) is 10.2 Å². The van der Waals surface area contributed by atoms with Crippen LogP contribution in [0, 0.1) is 0 Å². The number of halogens is 1. The van der Waals surface area contributed by atoms with Gasteiger partial charge in [-0.25, -0.2) is 5.43 Å². The Morgan fingerprint density at radius 1 is 1.19 bits per heavy atom. The zero-order chi connectivity index (χ0) is 19.4. The fourth-order valence-electron chi connectivity index (χ4n) is 3.31. The number of allylic oxidation sites excluding steroid dienone is 2. The zero-order valence-electron chi connectivity index (χ0n) is 15.7. The third-order valence-electron chi connectivity index (χ3n) is 4.73. The van der Waals surface area contributed by atoms with Crippen molar-refractivity contribution in [2.45, 2.75) is 19.3 Å². The molecule has 0 spiro atoms. The minimum absolute atomic E-state index is 0.107. The molecule has 0 unspecified atom stereocenters. The number of carbonyl (C=O) groups is 1. The first-order valence-electron chi connectivity index (χ1n) is 8.75. The third-order valence-corrected chi connectivity index (χ3v) is 5.26. The Kier molecular flexibility index (Phi) is 5.65. The average molecular weight is 427 g/mol. The minimum atomic E-state index is -0.199. The van der Waals surface area contributed by atoms with Crippen LogP contribution in [0.15, 0.2) is 69.9 Å². The number of para-hydroxylation sites is 1. The summed E-state index contributed by atoms with van der Waals surface area (Å²) in [5, 5.41) is 7.10. The van der Waals surface area contributed by atoms with Crippen LogP contribution in [-0.4, -0.2) is 25.7 Å². The summed E-state index contributed by atoms with van der Waals surface area (Å²) in [6.07, 6.45) is 3.58. The van der Waals surface area contributed by atoms with E-state index >= 15 is 0 Å². The summed E-state index contributed by atoms with van der Waals surface area (Å²) in [6, 6.07) is 16.0. The third kappa shape index (κ3) is 4.22. The van der Waals surface area contributed by atoms with Gasteiger partial charge in [0.05, 0.1) is 6.54 Å². The number of hydrogen-bond acceptors (Lipinski definition) is 4. The number of fused-ring (bicyclic) bond motifs is 1. The van der Waals surface area contributed by atoms with Gasteiger partial charge in [0.2, 0.25) is 0 Å². The predicted octanol–water partition coefficient (Wildman–Crippen LogP) is 4.27. The first-order valence-corrected chi connectivity index (χ1v) is 9.54. The summed E-state index contributed by atoms with van der Waals surface area (Å²) in [7, 11) is 2.05. The second kappa shape index (κ2) is 7.96. The molecule has 1 aliphatic heterocycles. The lowest BCUT2D eigenvalue weighted by Gasteiger charge is -2.23. The fourth-order valence-corrected chi connectivity index (χ4v) is 3.57. The van der Waals surface area contributed by atoms with Gasteiger partial charge in [-0.15, -0.1) is 0 Å². The van der Waals surface area contributed by atoms with Crippen LogP contribution in [0.1, 0.15) is 19.4 Å². The van der Waals surface area contributed by atoms with Crippen LogP contribution in [0.2, 0.25) is 0 Å². The van der Waals surface area contributed by atoms with Crippen molar-refractivity contribution in [2.24, 2.45) is 5.10 Å². The van der Waals surface area contributed by atoms with Crippen molar-refractivity contribution in [2.75, 3.05) is 23.8 Å². The zero-order valence-corrected chi connectivity index (χ0v) is 17.2. The summed E-state index contributed by atoms with van der Waals surface area (Å²) in [5.74, 6) is -0.199. The standard InChI is InChI=1S/C21H23BrN4O/c1-21(2)17-6-4-5-7-18(17)26(3)19(21)12-13-24-25-20(27)14-23-16-10-8-15(22)9-11-16/h4-13,23H,14H2,1-3H3,(H,25,27)/b19-12+,24-13-. The van der Waals surface area contributed by atoms with E-state index in [1.165, 1.54) is 11.3 Å².